The summed E-state index contributed by atoms with van der Waals surface area (Å²) in [5.41, 5.74) is -1.01. The summed E-state index contributed by atoms with van der Waals surface area (Å²) in [6, 6.07) is 1.00. The highest BCUT2D eigenvalue weighted by molar-refractivity contribution is 14.1. The van der Waals surface area contributed by atoms with E-state index >= 15 is 0 Å². The highest BCUT2D eigenvalue weighted by Crippen LogP contribution is 2.04. The monoisotopic (exact) mass is 303 g/mol. The zero-order chi connectivity index (χ0) is 10.0. The van der Waals surface area contributed by atoms with Crippen LogP contribution in [0.1, 0.15) is 0 Å². The molecule has 0 aromatic carbocycles. The molecule has 0 N–H and O–H groups in total. The molecule has 1 aromatic heterocycles. The summed E-state index contributed by atoms with van der Waals surface area (Å²) in [6.45, 7) is -0.771. The number of hydrogen-bond donors (Lipinski definition) is 0. The van der Waals surface area contributed by atoms with Gasteiger partial charge in [-0.25, -0.2) is 13.2 Å². The van der Waals surface area contributed by atoms with Crippen LogP contribution in [0, 0.1) is 9.39 Å². The molecular weight excluding hydrogens is 298 g/mol. The molecule has 1 heterocycles. The molecule has 0 saturated heterocycles. The number of rotatable bonds is 2. The zero-order valence-corrected chi connectivity index (χ0v) is 8.46. The smallest absolute Gasteiger partial charge is 0.286 e. The lowest BCUT2D eigenvalue weighted by Crippen LogP contribution is -2.25. The van der Waals surface area contributed by atoms with Crippen LogP contribution in [0.25, 0.3) is 0 Å². The maximum absolute atomic E-state index is 12.7. The minimum Gasteiger partial charge on any atom is -0.306 e. The molecule has 0 aliphatic rings. The Morgan fingerprint density at radius 2 is 2.15 bits per heavy atom. The van der Waals surface area contributed by atoms with Gasteiger partial charge in [0.25, 0.3) is 12.0 Å². The molecule has 2 nitrogen and oxygen atoms in total. The highest BCUT2D eigenvalue weighted by Gasteiger charge is 2.09. The number of alkyl halides is 2. The summed E-state index contributed by atoms with van der Waals surface area (Å²) in [6.07, 6.45) is -1.46. The van der Waals surface area contributed by atoms with Crippen LogP contribution < -0.4 is 5.56 Å². The molecule has 0 unspecified atom stereocenters. The normalized spacial score (nSPS) is 10.8. The number of aromatic nitrogens is 1. The number of hydrogen-bond acceptors (Lipinski definition) is 1. The van der Waals surface area contributed by atoms with Gasteiger partial charge < -0.3 is 4.57 Å². The average molecular weight is 303 g/mol. The van der Waals surface area contributed by atoms with E-state index in [9.17, 15) is 18.0 Å². The van der Waals surface area contributed by atoms with Crippen molar-refractivity contribution in [2.24, 2.45) is 0 Å². The van der Waals surface area contributed by atoms with E-state index in [1.807, 2.05) is 0 Å². The second-order valence-electron chi connectivity index (χ2n) is 2.35. The van der Waals surface area contributed by atoms with Gasteiger partial charge in [-0.05, 0) is 28.7 Å². The van der Waals surface area contributed by atoms with Crippen molar-refractivity contribution >= 4 is 22.6 Å². The Hall–Kier alpha value is -0.530. The van der Waals surface area contributed by atoms with Gasteiger partial charge in [0.05, 0.1) is 6.54 Å². The molecular formula is C7H5F3INO. The van der Waals surface area contributed by atoms with Gasteiger partial charge in [-0.15, -0.1) is 0 Å². The Morgan fingerprint density at radius 3 is 2.69 bits per heavy atom. The summed E-state index contributed by atoms with van der Waals surface area (Å²) in [5, 5.41) is 0. The standard InChI is InChI=1S/C7H5F3INO/c8-5-1-4(11)2-12(7(5)13)3-6(9)10/h1-2,6H,3H2. The second kappa shape index (κ2) is 4.12. The first-order chi connectivity index (χ1) is 6.00. The average Bonchev–Trinajstić information content (AvgIpc) is 1.98. The minimum atomic E-state index is -2.66. The van der Waals surface area contributed by atoms with Crippen molar-refractivity contribution in [1.29, 1.82) is 0 Å². The second-order valence-corrected chi connectivity index (χ2v) is 3.60. The van der Waals surface area contributed by atoms with Crippen LogP contribution in [0.15, 0.2) is 17.1 Å². The van der Waals surface area contributed by atoms with Crippen molar-refractivity contribution in [3.63, 3.8) is 0 Å². The first-order valence-corrected chi connectivity index (χ1v) is 4.42. The van der Waals surface area contributed by atoms with Crippen LogP contribution in [0.4, 0.5) is 13.2 Å². The number of pyridine rings is 1. The molecule has 72 valence electrons. The Labute approximate surface area is 85.5 Å². The summed E-state index contributed by atoms with van der Waals surface area (Å²) in [5.74, 6) is -1.01. The van der Waals surface area contributed by atoms with E-state index < -0.39 is 24.3 Å². The van der Waals surface area contributed by atoms with Crippen molar-refractivity contribution in [2.45, 2.75) is 13.0 Å². The Bertz CT molecular complexity index is 363. The van der Waals surface area contributed by atoms with Crippen molar-refractivity contribution in [1.82, 2.24) is 4.57 Å². The minimum absolute atomic E-state index is 0.412. The molecule has 6 heteroatoms. The summed E-state index contributed by atoms with van der Waals surface area (Å²) < 4.78 is 37.5. The molecule has 0 aliphatic carbocycles. The van der Waals surface area contributed by atoms with E-state index in [0.29, 0.717) is 8.14 Å². The lowest BCUT2D eigenvalue weighted by molar-refractivity contribution is 0.124. The Morgan fingerprint density at radius 1 is 1.54 bits per heavy atom. The van der Waals surface area contributed by atoms with E-state index in [1.54, 1.807) is 22.6 Å². The van der Waals surface area contributed by atoms with E-state index in [4.69, 9.17) is 0 Å². The van der Waals surface area contributed by atoms with Crippen LogP contribution in [0.2, 0.25) is 0 Å². The lowest BCUT2D eigenvalue weighted by Gasteiger charge is -2.04. The van der Waals surface area contributed by atoms with Crippen LogP contribution in [-0.4, -0.2) is 11.0 Å². The summed E-state index contributed by atoms with van der Waals surface area (Å²) >= 11 is 1.75. The predicted octanol–water partition coefficient (Wildman–Crippen LogP) is 1.86. The Kier molecular flexibility index (Phi) is 3.34. The van der Waals surface area contributed by atoms with Crippen LogP contribution in [-0.2, 0) is 6.54 Å². The van der Waals surface area contributed by atoms with Crippen molar-refractivity contribution in [2.75, 3.05) is 0 Å². The molecule has 1 aromatic rings. The molecule has 0 radical (unpaired) electrons. The van der Waals surface area contributed by atoms with Crippen LogP contribution in [0.3, 0.4) is 0 Å². The van der Waals surface area contributed by atoms with Crippen molar-refractivity contribution < 1.29 is 13.2 Å². The largest absolute Gasteiger partial charge is 0.306 e. The lowest BCUT2D eigenvalue weighted by atomic mass is 10.4. The molecule has 0 fully saturated rings. The fourth-order valence-corrected chi connectivity index (χ4v) is 1.46. The topological polar surface area (TPSA) is 22.0 Å². The molecule has 0 atom stereocenters. The van der Waals surface area contributed by atoms with Gasteiger partial charge in [-0.1, -0.05) is 0 Å². The predicted molar refractivity (Wildman–Crippen MR) is 49.4 cm³/mol. The molecule has 0 bridgehead atoms. The van der Waals surface area contributed by atoms with Gasteiger partial charge in [0.1, 0.15) is 0 Å². The molecule has 0 aliphatic heterocycles. The van der Waals surface area contributed by atoms with Gasteiger partial charge >= 0.3 is 0 Å². The van der Waals surface area contributed by atoms with Gasteiger partial charge in [-0.2, -0.15) is 0 Å². The van der Waals surface area contributed by atoms with Crippen LogP contribution in [0.5, 0.6) is 0 Å². The first-order valence-electron chi connectivity index (χ1n) is 3.34. The fraction of sp³-hybridized carbons (Fsp3) is 0.286. The quantitative estimate of drug-likeness (QED) is 0.764. The highest BCUT2D eigenvalue weighted by atomic mass is 127. The van der Waals surface area contributed by atoms with Crippen LogP contribution >= 0.6 is 22.6 Å². The van der Waals surface area contributed by atoms with E-state index in [-0.39, 0.29) is 0 Å². The third-order valence-electron chi connectivity index (χ3n) is 1.34. The molecule has 0 saturated carbocycles. The van der Waals surface area contributed by atoms with Gasteiger partial charge in [0.15, 0.2) is 5.82 Å². The van der Waals surface area contributed by atoms with E-state index in [1.165, 1.54) is 6.20 Å². The third kappa shape index (κ3) is 2.71. The Balaban J connectivity index is 3.13. The maximum atomic E-state index is 12.7. The molecule has 0 amide bonds. The molecule has 1 rings (SSSR count). The molecule has 13 heavy (non-hydrogen) atoms. The zero-order valence-electron chi connectivity index (χ0n) is 6.31. The number of halogens is 4. The third-order valence-corrected chi connectivity index (χ3v) is 1.93. The summed E-state index contributed by atoms with van der Waals surface area (Å²) in [4.78, 5) is 10.9. The summed E-state index contributed by atoms with van der Waals surface area (Å²) in [7, 11) is 0. The van der Waals surface area contributed by atoms with Crippen molar-refractivity contribution in [3.8, 4) is 0 Å². The number of nitrogens with zero attached hydrogens (tertiary/aromatic N) is 1. The van der Waals surface area contributed by atoms with Gasteiger partial charge in [0.2, 0.25) is 0 Å². The first kappa shape index (κ1) is 10.6. The SMILES string of the molecule is O=c1c(F)cc(I)cn1CC(F)F. The van der Waals surface area contributed by atoms with Gasteiger partial charge in [0, 0.05) is 9.77 Å². The molecule has 0 spiro atoms. The van der Waals surface area contributed by atoms with E-state index in [2.05, 4.69) is 0 Å². The van der Waals surface area contributed by atoms with E-state index in [0.717, 1.165) is 6.07 Å². The maximum Gasteiger partial charge on any atom is 0.286 e. The fourth-order valence-electron chi connectivity index (χ4n) is 0.849. The van der Waals surface area contributed by atoms with Crippen molar-refractivity contribution in [3.05, 3.63) is 32.0 Å². The van der Waals surface area contributed by atoms with Gasteiger partial charge in [-0.3, -0.25) is 4.79 Å².